The van der Waals surface area contributed by atoms with Crippen molar-refractivity contribution in [2.24, 2.45) is 0 Å². The Balaban J connectivity index is 1.78. The van der Waals surface area contributed by atoms with E-state index in [1.807, 2.05) is 61.6 Å². The molecular weight excluding hydrogens is 362 g/mol. The number of carbonyl (C=O) groups is 1. The van der Waals surface area contributed by atoms with Gasteiger partial charge in [0.05, 0.1) is 17.5 Å². The molecule has 4 rings (SSSR count). The molecule has 0 saturated heterocycles. The van der Waals surface area contributed by atoms with E-state index >= 15 is 0 Å². The van der Waals surface area contributed by atoms with Crippen LogP contribution in [0.15, 0.2) is 52.2 Å². The zero-order valence-corrected chi connectivity index (χ0v) is 16.1. The number of hydrogen-bond donors (Lipinski definition) is 1. The van der Waals surface area contributed by atoms with E-state index in [0.717, 1.165) is 10.9 Å². The van der Waals surface area contributed by atoms with Crippen LogP contribution in [-0.4, -0.2) is 36.8 Å². The number of carbonyl (C=O) groups excluding carboxylic acids is 1. The van der Waals surface area contributed by atoms with Crippen LogP contribution in [0.4, 0.5) is 0 Å². The maximum atomic E-state index is 12.2. The molecule has 0 unspecified atom stereocenters. The number of fused-ring (bicyclic) bond motifs is 3. The molecule has 1 amide bonds. The minimum atomic E-state index is -0.276. The average Bonchev–Trinajstić information content (AvgIpc) is 3.28. The first kappa shape index (κ1) is 17.5. The molecule has 0 fully saturated rings. The number of para-hydroxylation sites is 1. The standard InChI is InChI=1S/C19H19N5O2S/c1-19(2,3)21-15(25)11-27-18-23-22-16-12-7-4-5-8-13(12)20-17(24(16)18)14-9-6-10-26-14/h4-10H,11H2,1-3H3,(H,21,25). The Hall–Kier alpha value is -2.87. The number of aromatic nitrogens is 4. The minimum absolute atomic E-state index is 0.0578. The molecule has 7 nitrogen and oxygen atoms in total. The molecule has 138 valence electrons. The van der Waals surface area contributed by atoms with Crippen molar-refractivity contribution in [2.75, 3.05) is 5.75 Å². The molecule has 0 atom stereocenters. The molecular formula is C19H19N5O2S. The van der Waals surface area contributed by atoms with Crippen LogP contribution in [0.1, 0.15) is 20.8 Å². The van der Waals surface area contributed by atoms with Crippen molar-refractivity contribution < 1.29 is 9.21 Å². The van der Waals surface area contributed by atoms with Crippen molar-refractivity contribution in [1.82, 2.24) is 24.9 Å². The van der Waals surface area contributed by atoms with Gasteiger partial charge in [-0.3, -0.25) is 9.20 Å². The number of thioether (sulfide) groups is 1. The third kappa shape index (κ3) is 3.52. The Kier molecular flexibility index (Phi) is 4.35. The Morgan fingerprint density at radius 3 is 2.74 bits per heavy atom. The van der Waals surface area contributed by atoms with Gasteiger partial charge in [-0.2, -0.15) is 0 Å². The summed E-state index contributed by atoms with van der Waals surface area (Å²) in [7, 11) is 0. The maximum absolute atomic E-state index is 12.2. The molecule has 8 heteroatoms. The van der Waals surface area contributed by atoms with Crippen LogP contribution in [0.5, 0.6) is 0 Å². The van der Waals surface area contributed by atoms with Gasteiger partial charge in [0.15, 0.2) is 22.4 Å². The molecule has 27 heavy (non-hydrogen) atoms. The lowest BCUT2D eigenvalue weighted by Crippen LogP contribution is -2.41. The van der Waals surface area contributed by atoms with Gasteiger partial charge in [-0.05, 0) is 45.0 Å². The third-order valence-corrected chi connectivity index (χ3v) is 4.73. The van der Waals surface area contributed by atoms with E-state index in [4.69, 9.17) is 9.40 Å². The van der Waals surface area contributed by atoms with Crippen LogP contribution in [-0.2, 0) is 4.79 Å². The topological polar surface area (TPSA) is 85.3 Å². The zero-order valence-electron chi connectivity index (χ0n) is 15.3. The average molecular weight is 381 g/mol. The first-order valence-electron chi connectivity index (χ1n) is 8.54. The van der Waals surface area contributed by atoms with Gasteiger partial charge in [0.1, 0.15) is 0 Å². The summed E-state index contributed by atoms with van der Waals surface area (Å²) in [6.07, 6.45) is 1.60. The molecule has 1 N–H and O–H groups in total. The van der Waals surface area contributed by atoms with E-state index in [9.17, 15) is 4.79 Å². The van der Waals surface area contributed by atoms with Gasteiger partial charge in [-0.1, -0.05) is 23.9 Å². The molecule has 3 aromatic heterocycles. The highest BCUT2D eigenvalue weighted by molar-refractivity contribution is 7.99. The Labute approximate surface area is 160 Å². The second-order valence-corrected chi connectivity index (χ2v) is 8.10. The van der Waals surface area contributed by atoms with Crippen molar-refractivity contribution in [2.45, 2.75) is 31.5 Å². The SMILES string of the molecule is CC(C)(C)NC(=O)CSc1nnc2c3ccccc3nc(-c3ccco3)n12. The van der Waals surface area contributed by atoms with E-state index in [0.29, 0.717) is 22.4 Å². The molecule has 0 aliphatic carbocycles. The van der Waals surface area contributed by atoms with Gasteiger partial charge in [0.25, 0.3) is 0 Å². The van der Waals surface area contributed by atoms with Crippen LogP contribution in [0.25, 0.3) is 28.1 Å². The third-order valence-electron chi connectivity index (χ3n) is 3.80. The second kappa shape index (κ2) is 6.70. The molecule has 0 bridgehead atoms. The van der Waals surface area contributed by atoms with Crippen molar-refractivity contribution in [3.8, 4) is 11.6 Å². The number of benzene rings is 1. The highest BCUT2D eigenvalue weighted by Crippen LogP contribution is 2.29. The quantitative estimate of drug-likeness (QED) is 0.544. The van der Waals surface area contributed by atoms with Crippen molar-refractivity contribution in [3.05, 3.63) is 42.7 Å². The van der Waals surface area contributed by atoms with E-state index in [-0.39, 0.29) is 17.2 Å². The maximum Gasteiger partial charge on any atom is 0.230 e. The highest BCUT2D eigenvalue weighted by Gasteiger charge is 2.20. The molecule has 0 saturated carbocycles. The summed E-state index contributed by atoms with van der Waals surface area (Å²) in [4.78, 5) is 16.9. The van der Waals surface area contributed by atoms with Gasteiger partial charge >= 0.3 is 0 Å². The molecule has 3 heterocycles. The lowest BCUT2D eigenvalue weighted by Gasteiger charge is -2.20. The summed E-state index contributed by atoms with van der Waals surface area (Å²) in [5, 5.41) is 13.1. The van der Waals surface area contributed by atoms with Crippen molar-refractivity contribution in [1.29, 1.82) is 0 Å². The van der Waals surface area contributed by atoms with E-state index in [1.54, 1.807) is 6.26 Å². The van der Waals surface area contributed by atoms with Crippen molar-refractivity contribution >= 4 is 34.2 Å². The number of nitrogens with zero attached hydrogens (tertiary/aromatic N) is 4. The molecule has 0 aliphatic heterocycles. The molecule has 0 aliphatic rings. The van der Waals surface area contributed by atoms with Gasteiger partial charge in [-0.15, -0.1) is 10.2 Å². The largest absolute Gasteiger partial charge is 0.461 e. The molecule has 0 spiro atoms. The lowest BCUT2D eigenvalue weighted by atomic mass is 10.1. The van der Waals surface area contributed by atoms with Crippen LogP contribution in [0.2, 0.25) is 0 Å². The van der Waals surface area contributed by atoms with Crippen LogP contribution < -0.4 is 5.32 Å². The smallest absolute Gasteiger partial charge is 0.230 e. The minimum Gasteiger partial charge on any atom is -0.461 e. The van der Waals surface area contributed by atoms with Gasteiger partial charge in [0.2, 0.25) is 5.91 Å². The summed E-state index contributed by atoms with van der Waals surface area (Å²) in [6.45, 7) is 5.85. The monoisotopic (exact) mass is 381 g/mol. The number of hydrogen-bond acceptors (Lipinski definition) is 6. The predicted octanol–water partition coefficient (Wildman–Crippen LogP) is 3.54. The molecule has 0 radical (unpaired) electrons. The second-order valence-electron chi connectivity index (χ2n) is 7.16. The normalized spacial score (nSPS) is 12.0. The Bertz CT molecular complexity index is 1110. The fourth-order valence-corrected chi connectivity index (χ4v) is 3.54. The van der Waals surface area contributed by atoms with Crippen LogP contribution in [0, 0.1) is 0 Å². The van der Waals surface area contributed by atoms with E-state index in [1.165, 1.54) is 11.8 Å². The summed E-state index contributed by atoms with van der Waals surface area (Å²) in [5.74, 6) is 1.41. The van der Waals surface area contributed by atoms with Gasteiger partial charge < -0.3 is 9.73 Å². The summed E-state index contributed by atoms with van der Waals surface area (Å²) < 4.78 is 7.41. The van der Waals surface area contributed by atoms with Crippen LogP contribution >= 0.6 is 11.8 Å². The number of amides is 1. The fraction of sp³-hybridized carbons (Fsp3) is 0.263. The Morgan fingerprint density at radius 1 is 1.19 bits per heavy atom. The molecule has 4 aromatic rings. The van der Waals surface area contributed by atoms with Gasteiger partial charge in [-0.25, -0.2) is 4.98 Å². The predicted molar refractivity (Wildman–Crippen MR) is 105 cm³/mol. The summed E-state index contributed by atoms with van der Waals surface area (Å²) >= 11 is 1.32. The van der Waals surface area contributed by atoms with E-state index < -0.39 is 0 Å². The molecule has 1 aromatic carbocycles. The lowest BCUT2D eigenvalue weighted by molar-refractivity contribution is -0.119. The first-order chi connectivity index (χ1) is 12.9. The first-order valence-corrected chi connectivity index (χ1v) is 9.52. The highest BCUT2D eigenvalue weighted by atomic mass is 32.2. The summed E-state index contributed by atoms with van der Waals surface area (Å²) in [5.41, 5.74) is 1.22. The van der Waals surface area contributed by atoms with Crippen LogP contribution in [0.3, 0.4) is 0 Å². The number of furan rings is 1. The summed E-state index contributed by atoms with van der Waals surface area (Å²) in [6, 6.07) is 11.4. The number of rotatable bonds is 4. The van der Waals surface area contributed by atoms with E-state index in [2.05, 4.69) is 15.5 Å². The fourth-order valence-electron chi connectivity index (χ4n) is 2.81. The van der Waals surface area contributed by atoms with Gasteiger partial charge in [0, 0.05) is 10.9 Å². The van der Waals surface area contributed by atoms with Crippen molar-refractivity contribution in [3.63, 3.8) is 0 Å². The Morgan fingerprint density at radius 2 is 2.00 bits per heavy atom. The zero-order chi connectivity index (χ0) is 19.0. The number of nitrogens with one attached hydrogen (secondary N) is 1.